The predicted molar refractivity (Wildman–Crippen MR) is 81.1 cm³/mol. The number of amides is 4. The van der Waals surface area contributed by atoms with Crippen LogP contribution in [0.4, 0.5) is 10.5 Å². The third-order valence-corrected chi connectivity index (χ3v) is 3.31. The zero-order chi connectivity index (χ0) is 17.1. The highest BCUT2D eigenvalue weighted by molar-refractivity contribution is 6.22. The number of urea groups is 1. The summed E-state index contributed by atoms with van der Waals surface area (Å²) in [4.78, 5) is 48.2. The van der Waals surface area contributed by atoms with Crippen LogP contribution in [0, 0.1) is 0 Å². The first kappa shape index (κ1) is 16.5. The second kappa shape index (κ2) is 6.47. The van der Waals surface area contributed by atoms with E-state index in [-0.39, 0.29) is 24.1 Å². The van der Waals surface area contributed by atoms with Crippen molar-refractivity contribution in [3.8, 4) is 0 Å². The van der Waals surface area contributed by atoms with Crippen LogP contribution in [-0.4, -0.2) is 48.4 Å². The smallest absolute Gasteiger partial charge is 0.325 e. The van der Waals surface area contributed by atoms with E-state index in [1.807, 2.05) is 0 Å². The first-order valence-corrected chi connectivity index (χ1v) is 6.98. The van der Waals surface area contributed by atoms with Crippen LogP contribution in [0.25, 0.3) is 0 Å². The number of nitrogens with zero attached hydrogens (tertiary/aromatic N) is 1. The highest BCUT2D eigenvalue weighted by atomic mass is 16.5. The van der Waals surface area contributed by atoms with Gasteiger partial charge in [0.05, 0.1) is 18.2 Å². The molecule has 122 valence electrons. The molecule has 8 heteroatoms. The lowest BCUT2D eigenvalue weighted by atomic mass is 10.1. The van der Waals surface area contributed by atoms with Crippen LogP contribution in [0.3, 0.4) is 0 Å². The number of anilines is 1. The Morgan fingerprint density at radius 2 is 1.83 bits per heavy atom. The van der Waals surface area contributed by atoms with Crippen LogP contribution in [0.15, 0.2) is 18.2 Å². The lowest BCUT2D eigenvalue weighted by molar-refractivity contribution is -0.139. The summed E-state index contributed by atoms with van der Waals surface area (Å²) >= 11 is 0. The van der Waals surface area contributed by atoms with Gasteiger partial charge in [0, 0.05) is 11.7 Å². The number of carbonyl (C=O) groups is 4. The highest BCUT2D eigenvalue weighted by Crippen LogP contribution is 2.27. The average molecular weight is 319 g/mol. The van der Waals surface area contributed by atoms with Crippen LogP contribution >= 0.6 is 0 Å². The summed E-state index contributed by atoms with van der Waals surface area (Å²) in [5, 5.41) is 4.80. The maximum absolute atomic E-state index is 12.3. The first-order valence-electron chi connectivity index (χ1n) is 6.98. The van der Waals surface area contributed by atoms with Crippen LogP contribution in [0.5, 0.6) is 0 Å². The van der Waals surface area contributed by atoms with Crippen LogP contribution in [0.2, 0.25) is 0 Å². The van der Waals surface area contributed by atoms with Gasteiger partial charge in [-0.2, -0.15) is 0 Å². The number of rotatable bonds is 4. The zero-order valence-corrected chi connectivity index (χ0v) is 13.0. The fourth-order valence-corrected chi connectivity index (χ4v) is 2.21. The minimum absolute atomic E-state index is 0.245. The third kappa shape index (κ3) is 3.31. The fourth-order valence-electron chi connectivity index (χ4n) is 2.21. The molecule has 8 nitrogen and oxygen atoms in total. The Bertz CT molecular complexity index is 684. The molecule has 0 bridgehead atoms. The van der Waals surface area contributed by atoms with Gasteiger partial charge >= 0.3 is 12.0 Å². The molecule has 1 aromatic carbocycles. The van der Waals surface area contributed by atoms with E-state index in [1.165, 1.54) is 30.2 Å². The van der Waals surface area contributed by atoms with Crippen molar-refractivity contribution in [2.75, 3.05) is 19.0 Å². The van der Waals surface area contributed by atoms with Crippen molar-refractivity contribution in [3.05, 3.63) is 29.3 Å². The number of carbonyl (C=O) groups excluding carboxylic acids is 4. The standard InChI is InChI=1S/C15H17N3O5/c1-8(2)18-13(20)10-5-4-9(6-11(10)14(18)21)17-15(22)16-7-12(19)23-3/h4-6,8H,7H2,1-3H3,(H2,16,17,22). The van der Waals surface area contributed by atoms with Gasteiger partial charge < -0.3 is 15.4 Å². The molecule has 4 amide bonds. The Morgan fingerprint density at radius 1 is 1.17 bits per heavy atom. The van der Waals surface area contributed by atoms with Gasteiger partial charge in [-0.3, -0.25) is 19.3 Å². The van der Waals surface area contributed by atoms with E-state index < -0.39 is 17.9 Å². The average Bonchev–Trinajstić information content (AvgIpc) is 2.76. The van der Waals surface area contributed by atoms with Crippen molar-refractivity contribution in [1.82, 2.24) is 10.2 Å². The van der Waals surface area contributed by atoms with Gasteiger partial charge in [-0.1, -0.05) is 0 Å². The minimum Gasteiger partial charge on any atom is -0.468 e. The molecular weight excluding hydrogens is 302 g/mol. The maximum Gasteiger partial charge on any atom is 0.325 e. The number of nitrogens with one attached hydrogen (secondary N) is 2. The van der Waals surface area contributed by atoms with Gasteiger partial charge in [0.15, 0.2) is 0 Å². The van der Waals surface area contributed by atoms with Crippen molar-refractivity contribution >= 4 is 29.5 Å². The zero-order valence-electron chi connectivity index (χ0n) is 13.0. The predicted octanol–water partition coefficient (Wildman–Crippen LogP) is 0.985. The summed E-state index contributed by atoms with van der Waals surface area (Å²) in [5.74, 6) is -1.32. The SMILES string of the molecule is COC(=O)CNC(=O)Nc1ccc2c(c1)C(=O)N(C(C)C)C2=O. The normalized spacial score (nSPS) is 13.1. The van der Waals surface area contributed by atoms with Gasteiger partial charge in [-0.15, -0.1) is 0 Å². The molecule has 0 saturated heterocycles. The molecular formula is C15H17N3O5. The van der Waals surface area contributed by atoms with Gasteiger partial charge in [0.1, 0.15) is 6.54 Å². The largest absolute Gasteiger partial charge is 0.468 e. The number of hydrogen-bond donors (Lipinski definition) is 2. The van der Waals surface area contributed by atoms with E-state index in [0.717, 1.165) is 0 Å². The van der Waals surface area contributed by atoms with E-state index in [9.17, 15) is 19.2 Å². The van der Waals surface area contributed by atoms with Crippen molar-refractivity contribution in [1.29, 1.82) is 0 Å². The molecule has 0 aromatic heterocycles. The molecule has 0 fully saturated rings. The molecule has 0 spiro atoms. The number of imide groups is 1. The molecule has 2 N–H and O–H groups in total. The molecule has 1 heterocycles. The topological polar surface area (TPSA) is 105 Å². The lowest BCUT2D eigenvalue weighted by Gasteiger charge is -2.17. The van der Waals surface area contributed by atoms with E-state index in [1.54, 1.807) is 13.8 Å². The van der Waals surface area contributed by atoms with Crippen molar-refractivity contribution in [2.24, 2.45) is 0 Å². The van der Waals surface area contributed by atoms with E-state index in [2.05, 4.69) is 15.4 Å². The molecule has 0 saturated carbocycles. The molecule has 23 heavy (non-hydrogen) atoms. The van der Waals surface area contributed by atoms with Gasteiger partial charge in [-0.05, 0) is 32.0 Å². The monoisotopic (exact) mass is 319 g/mol. The number of methoxy groups -OCH3 is 1. The Hall–Kier alpha value is -2.90. The molecule has 1 aromatic rings. The Balaban J connectivity index is 2.11. The maximum atomic E-state index is 12.3. The molecule has 0 atom stereocenters. The Morgan fingerprint density at radius 3 is 2.43 bits per heavy atom. The molecule has 0 radical (unpaired) electrons. The highest BCUT2D eigenvalue weighted by Gasteiger charge is 2.37. The summed E-state index contributed by atoms with van der Waals surface area (Å²) in [6.07, 6.45) is 0. The molecule has 1 aliphatic rings. The summed E-state index contributed by atoms with van der Waals surface area (Å²) in [6, 6.07) is 3.59. The number of hydrogen-bond acceptors (Lipinski definition) is 5. The molecule has 2 rings (SSSR count). The fraction of sp³-hybridized carbons (Fsp3) is 0.333. The lowest BCUT2D eigenvalue weighted by Crippen LogP contribution is -2.35. The van der Waals surface area contributed by atoms with Crippen molar-refractivity contribution < 1.29 is 23.9 Å². The summed E-state index contributed by atoms with van der Waals surface area (Å²) in [6.45, 7) is 3.23. The van der Waals surface area contributed by atoms with Crippen LogP contribution in [-0.2, 0) is 9.53 Å². The van der Waals surface area contributed by atoms with E-state index in [4.69, 9.17) is 0 Å². The number of fused-ring (bicyclic) bond motifs is 1. The second-order valence-corrected chi connectivity index (χ2v) is 5.22. The summed E-state index contributed by atoms with van der Waals surface area (Å²) < 4.78 is 4.40. The van der Waals surface area contributed by atoms with Crippen LogP contribution < -0.4 is 10.6 Å². The second-order valence-electron chi connectivity index (χ2n) is 5.22. The van der Waals surface area contributed by atoms with Gasteiger partial charge in [-0.25, -0.2) is 4.79 Å². The summed E-state index contributed by atoms with van der Waals surface area (Å²) in [5.41, 5.74) is 0.900. The van der Waals surface area contributed by atoms with Crippen molar-refractivity contribution in [2.45, 2.75) is 19.9 Å². The summed E-state index contributed by atoms with van der Waals surface area (Å²) in [7, 11) is 1.21. The number of esters is 1. The molecule has 0 aliphatic carbocycles. The molecule has 0 unspecified atom stereocenters. The van der Waals surface area contributed by atoms with Gasteiger partial charge in [0.25, 0.3) is 11.8 Å². The van der Waals surface area contributed by atoms with Gasteiger partial charge in [0.2, 0.25) is 0 Å². The Labute approximate surface area is 132 Å². The number of benzene rings is 1. The minimum atomic E-state index is -0.618. The Kier molecular flexibility index (Phi) is 4.63. The third-order valence-electron chi connectivity index (χ3n) is 3.31. The van der Waals surface area contributed by atoms with Crippen LogP contribution in [0.1, 0.15) is 34.6 Å². The quantitative estimate of drug-likeness (QED) is 0.636. The van der Waals surface area contributed by atoms with E-state index in [0.29, 0.717) is 11.3 Å². The molecule has 1 aliphatic heterocycles. The first-order chi connectivity index (χ1) is 10.8. The van der Waals surface area contributed by atoms with E-state index >= 15 is 0 Å². The number of ether oxygens (including phenoxy) is 1. The van der Waals surface area contributed by atoms with Crippen molar-refractivity contribution in [3.63, 3.8) is 0 Å².